The van der Waals surface area contributed by atoms with E-state index < -0.39 is 29.3 Å². The van der Waals surface area contributed by atoms with Crippen molar-refractivity contribution in [3.8, 4) is 0 Å². The van der Waals surface area contributed by atoms with Crippen molar-refractivity contribution < 1.29 is 25.2 Å². The van der Waals surface area contributed by atoms with Crippen LogP contribution >= 0.6 is 0 Å². The van der Waals surface area contributed by atoms with E-state index in [1.807, 2.05) is 13.8 Å². The fourth-order valence-electron chi connectivity index (χ4n) is 7.60. The van der Waals surface area contributed by atoms with Crippen LogP contribution in [0, 0.1) is 34.5 Å². The number of rotatable bonds is 1. The van der Waals surface area contributed by atoms with Crippen molar-refractivity contribution in [3.05, 3.63) is 0 Å². The second kappa shape index (κ2) is 5.41. The Balaban J connectivity index is 1.80. The van der Waals surface area contributed by atoms with Crippen LogP contribution in [0.2, 0.25) is 0 Å². The van der Waals surface area contributed by atoms with Gasteiger partial charge in [-0.2, -0.15) is 0 Å². The van der Waals surface area contributed by atoms with Crippen LogP contribution in [0.25, 0.3) is 0 Å². The maximum absolute atomic E-state index is 11.7. The predicted molar refractivity (Wildman–Crippen MR) is 92.7 cm³/mol. The van der Waals surface area contributed by atoms with Gasteiger partial charge in [-0.1, -0.05) is 20.8 Å². The zero-order valence-corrected chi connectivity index (χ0v) is 15.9. The van der Waals surface area contributed by atoms with E-state index in [9.17, 15) is 20.4 Å². The van der Waals surface area contributed by atoms with E-state index >= 15 is 0 Å². The van der Waals surface area contributed by atoms with Crippen molar-refractivity contribution in [1.29, 1.82) is 0 Å². The Kier molecular flexibility index (Phi) is 3.94. The third kappa shape index (κ3) is 1.97. The molecular weight excluding hydrogens is 320 g/mol. The quantitative estimate of drug-likeness (QED) is 0.570. The second-order valence-corrected chi connectivity index (χ2v) is 9.99. The van der Waals surface area contributed by atoms with Crippen LogP contribution < -0.4 is 0 Å². The Bertz CT molecular complexity index is 550. The summed E-state index contributed by atoms with van der Waals surface area (Å²) in [6, 6.07) is 0. The molecule has 0 aliphatic heterocycles. The topological polar surface area (TPSA) is 90.2 Å². The number of aliphatic hydroxyl groups is 4. The number of aliphatic hydroxyl groups excluding tert-OH is 3. The van der Waals surface area contributed by atoms with Crippen LogP contribution in [0.5, 0.6) is 0 Å². The summed E-state index contributed by atoms with van der Waals surface area (Å²) in [5, 5.41) is 44.7. The third-order valence-corrected chi connectivity index (χ3v) is 9.16. The highest BCUT2D eigenvalue weighted by atomic mass is 16.5. The first kappa shape index (κ1) is 18.2. The maximum atomic E-state index is 11.7. The molecule has 4 aliphatic rings. The number of hydrogen-bond donors (Lipinski definition) is 4. The number of hydrogen-bond acceptors (Lipinski definition) is 5. The SMILES string of the molecule is CO[C@H]1C[C@@]23C[C@@H](O)[C@@]4(O)[C@@H](C[C@H](O)C4(C)C)[C@@H](C)[C@@H]2CC[C@@H]1[C@H]3O. The van der Waals surface area contributed by atoms with Crippen LogP contribution in [0.15, 0.2) is 0 Å². The molecule has 4 saturated carbocycles. The van der Waals surface area contributed by atoms with Gasteiger partial charge in [-0.15, -0.1) is 0 Å². The summed E-state index contributed by atoms with van der Waals surface area (Å²) in [5.41, 5.74) is -2.47. The molecule has 5 heteroatoms. The van der Waals surface area contributed by atoms with Gasteiger partial charge in [-0.05, 0) is 49.9 Å². The normalized spacial score (nSPS) is 60.0. The maximum Gasteiger partial charge on any atom is 0.101 e. The molecule has 144 valence electrons. The number of fused-ring (bicyclic) bond motifs is 2. The molecule has 4 fully saturated rings. The summed E-state index contributed by atoms with van der Waals surface area (Å²) >= 11 is 0. The molecule has 0 aromatic carbocycles. The van der Waals surface area contributed by atoms with Gasteiger partial charge in [0.05, 0.1) is 24.4 Å². The molecule has 4 aliphatic carbocycles. The van der Waals surface area contributed by atoms with Gasteiger partial charge >= 0.3 is 0 Å². The highest BCUT2D eigenvalue weighted by Gasteiger charge is 2.71. The minimum absolute atomic E-state index is 0.0329. The van der Waals surface area contributed by atoms with Gasteiger partial charge in [-0.3, -0.25) is 0 Å². The summed E-state index contributed by atoms with van der Waals surface area (Å²) in [7, 11) is 1.71. The summed E-state index contributed by atoms with van der Waals surface area (Å²) in [4.78, 5) is 0. The lowest BCUT2D eigenvalue weighted by atomic mass is 9.59. The van der Waals surface area contributed by atoms with Crippen molar-refractivity contribution >= 4 is 0 Å². The van der Waals surface area contributed by atoms with Crippen LogP contribution in [0.4, 0.5) is 0 Å². The monoisotopic (exact) mass is 354 g/mol. The van der Waals surface area contributed by atoms with E-state index in [0.717, 1.165) is 19.3 Å². The number of ether oxygens (including phenoxy) is 1. The molecular formula is C20H34O5. The molecule has 0 unspecified atom stereocenters. The zero-order valence-electron chi connectivity index (χ0n) is 15.9. The Morgan fingerprint density at radius 1 is 0.960 bits per heavy atom. The fraction of sp³-hybridized carbons (Fsp3) is 1.00. The average Bonchev–Trinajstić information content (AvgIpc) is 2.81. The first-order chi connectivity index (χ1) is 11.6. The molecule has 25 heavy (non-hydrogen) atoms. The molecule has 0 radical (unpaired) electrons. The molecule has 2 bridgehead atoms. The van der Waals surface area contributed by atoms with Crippen molar-refractivity contribution in [2.75, 3.05) is 7.11 Å². The molecule has 10 atom stereocenters. The van der Waals surface area contributed by atoms with Crippen LogP contribution in [-0.2, 0) is 4.74 Å². The molecule has 0 aromatic heterocycles. The molecule has 4 rings (SSSR count). The average molecular weight is 354 g/mol. The summed E-state index contributed by atoms with van der Waals surface area (Å²) < 4.78 is 5.68. The fourth-order valence-corrected chi connectivity index (χ4v) is 7.60. The predicted octanol–water partition coefficient (Wildman–Crippen LogP) is 1.32. The van der Waals surface area contributed by atoms with E-state index in [2.05, 4.69) is 6.92 Å². The lowest BCUT2D eigenvalue weighted by molar-refractivity contribution is -0.178. The van der Waals surface area contributed by atoms with E-state index in [-0.39, 0.29) is 35.2 Å². The summed E-state index contributed by atoms with van der Waals surface area (Å²) in [5.74, 6) is 0.368. The van der Waals surface area contributed by atoms with Crippen molar-refractivity contribution in [2.24, 2.45) is 34.5 Å². The first-order valence-electron chi connectivity index (χ1n) is 9.90. The van der Waals surface area contributed by atoms with E-state index in [0.29, 0.717) is 12.8 Å². The molecule has 0 amide bonds. The highest BCUT2D eigenvalue weighted by molar-refractivity contribution is 5.21. The number of methoxy groups -OCH3 is 1. The molecule has 1 spiro atoms. The lowest BCUT2D eigenvalue weighted by Crippen LogP contribution is -2.57. The van der Waals surface area contributed by atoms with E-state index in [1.54, 1.807) is 7.11 Å². The van der Waals surface area contributed by atoms with Crippen LogP contribution in [-0.4, -0.2) is 57.6 Å². The zero-order chi connectivity index (χ0) is 18.4. The van der Waals surface area contributed by atoms with Crippen LogP contribution in [0.1, 0.15) is 52.9 Å². The highest BCUT2D eigenvalue weighted by Crippen LogP contribution is 2.67. The summed E-state index contributed by atoms with van der Waals surface area (Å²) in [6.07, 6.45) is 1.58. The largest absolute Gasteiger partial charge is 0.392 e. The first-order valence-corrected chi connectivity index (χ1v) is 9.90. The van der Waals surface area contributed by atoms with Gasteiger partial charge < -0.3 is 25.2 Å². The smallest absolute Gasteiger partial charge is 0.101 e. The minimum atomic E-state index is -1.32. The van der Waals surface area contributed by atoms with Crippen molar-refractivity contribution in [1.82, 2.24) is 0 Å². The van der Waals surface area contributed by atoms with Crippen molar-refractivity contribution in [2.45, 2.75) is 82.9 Å². The Hall–Kier alpha value is -0.200. The minimum Gasteiger partial charge on any atom is -0.392 e. The lowest BCUT2D eigenvalue weighted by Gasteiger charge is -2.47. The molecule has 0 heterocycles. The molecule has 4 N–H and O–H groups in total. The van der Waals surface area contributed by atoms with Crippen molar-refractivity contribution in [3.63, 3.8) is 0 Å². The van der Waals surface area contributed by atoms with Gasteiger partial charge in [0.15, 0.2) is 0 Å². The van der Waals surface area contributed by atoms with Crippen LogP contribution in [0.3, 0.4) is 0 Å². The Labute approximate surface area is 150 Å². The Morgan fingerprint density at radius 3 is 2.28 bits per heavy atom. The second-order valence-electron chi connectivity index (χ2n) is 9.99. The summed E-state index contributed by atoms with van der Waals surface area (Å²) in [6.45, 7) is 5.89. The molecule has 0 saturated heterocycles. The van der Waals surface area contributed by atoms with Gasteiger partial charge in [-0.25, -0.2) is 0 Å². The van der Waals surface area contributed by atoms with Gasteiger partial charge in [0.1, 0.15) is 5.60 Å². The molecule has 0 aromatic rings. The standard InChI is InChI=1S/C20H34O5/c1-10-12-6-5-11-14(25-4)8-19(12,17(11)23)9-16(22)20(24)13(10)7-15(21)18(20,2)3/h10-17,21-24H,5-9H2,1-4H3/t10-,11-,12-,13-,14-,15-,16+,17+,19+,20-/m0/s1. The van der Waals surface area contributed by atoms with E-state index in [4.69, 9.17) is 4.74 Å². The third-order valence-electron chi connectivity index (χ3n) is 9.16. The van der Waals surface area contributed by atoms with Gasteiger partial charge in [0.25, 0.3) is 0 Å². The van der Waals surface area contributed by atoms with Gasteiger partial charge in [0.2, 0.25) is 0 Å². The van der Waals surface area contributed by atoms with Gasteiger partial charge in [0, 0.05) is 23.9 Å². The van der Waals surface area contributed by atoms with E-state index in [1.165, 1.54) is 0 Å². The molecule has 5 nitrogen and oxygen atoms in total. The Morgan fingerprint density at radius 2 is 1.64 bits per heavy atom.